The first kappa shape index (κ1) is 49.7. The largest absolute Gasteiger partial charge is 1.00 e. The normalized spacial score (nSPS) is 13.4. The van der Waals surface area contributed by atoms with E-state index in [1.54, 1.807) is 31.2 Å². The molecule has 0 amide bonds. The van der Waals surface area contributed by atoms with Crippen molar-refractivity contribution in [2.75, 3.05) is 17.9 Å². The van der Waals surface area contributed by atoms with Crippen molar-refractivity contribution in [1.82, 2.24) is 0 Å². The van der Waals surface area contributed by atoms with Crippen molar-refractivity contribution < 1.29 is 105 Å². The number of fused-ring (bicyclic) bond motifs is 1. The molecule has 0 saturated carbocycles. The number of allylic oxidation sites excluding steroid dienone is 1. The van der Waals surface area contributed by atoms with Crippen LogP contribution in [0.3, 0.4) is 0 Å². The van der Waals surface area contributed by atoms with Gasteiger partial charge in [0.1, 0.15) is 47.5 Å². The summed E-state index contributed by atoms with van der Waals surface area (Å²) >= 11 is 0. The topological polar surface area (TPSA) is 284 Å². The summed E-state index contributed by atoms with van der Waals surface area (Å²) in [5, 5.41) is 23.4. The van der Waals surface area contributed by atoms with Crippen LogP contribution in [0.15, 0.2) is 143 Å². The Hall–Kier alpha value is -4.70. The Bertz CT molecular complexity index is 2930. The fourth-order valence-electron chi connectivity index (χ4n) is 5.29. The number of benzene rings is 5. The molecule has 60 heavy (non-hydrogen) atoms. The molecule has 0 aliphatic heterocycles. The van der Waals surface area contributed by atoms with Crippen molar-refractivity contribution in [3.8, 4) is 5.75 Å². The van der Waals surface area contributed by atoms with E-state index < -0.39 is 56.5 Å². The van der Waals surface area contributed by atoms with Gasteiger partial charge in [-0.25, -0.2) is 25.3 Å². The SMILES string of the molecule is COc1cc(N=Nc2cccc(S(=O)(=O)[O-])c2)ccc1N=Nc1ccc(N/N=C2/C(=O)c3cc(Nc4cccc(S(=O)(=O)[O-])c4)ccc3C=C2S(=O)(=O)[O-])cc1C.[Li+].[Li+].[Li+]. The number of nitrogens with one attached hydrogen (secondary N) is 2. The van der Waals surface area contributed by atoms with E-state index in [4.69, 9.17) is 4.74 Å². The summed E-state index contributed by atoms with van der Waals surface area (Å²) in [4.78, 5) is 11.8. The Morgan fingerprint density at radius 1 is 0.600 bits per heavy atom. The molecule has 0 spiro atoms. The van der Waals surface area contributed by atoms with Gasteiger partial charge in [-0.3, -0.25) is 10.2 Å². The standard InChI is InChI=1S/C36H29N7O11S3.3Li/c1-21-15-26(11-13-31(21)41-42-32-14-12-27(20-33(32)54-2)39-38-25-6-4-8-29(18-25)56(48,49)50)40-43-35-34(57(51,52)53)16-22-9-10-24(19-30(22)36(35)44)37-23-5-3-7-28(17-23)55(45,46)47;;;/h3-20,37,40H,1-2H3,(H,45,46,47)(H,48,49,50)(H,51,52,53);;;/q;3*+1/p-3/b39-38?,42-41?,43-35+;;;. The smallest absolute Gasteiger partial charge is 0.744 e. The van der Waals surface area contributed by atoms with Crippen LogP contribution in [-0.2, 0) is 30.4 Å². The molecule has 0 atom stereocenters. The number of hydrogen-bond acceptors (Lipinski definition) is 18. The first-order chi connectivity index (χ1) is 26.9. The molecule has 0 saturated heterocycles. The van der Waals surface area contributed by atoms with Crippen LogP contribution >= 0.6 is 0 Å². The molecule has 0 heterocycles. The molecular weight excluding hydrogens is 823 g/mol. The number of ketones is 1. The van der Waals surface area contributed by atoms with Crippen LogP contribution in [0.4, 0.5) is 39.8 Å². The molecule has 0 fully saturated rings. The van der Waals surface area contributed by atoms with Crippen LogP contribution in [0.25, 0.3) is 6.08 Å². The van der Waals surface area contributed by atoms with Gasteiger partial charge in [-0.15, -0.1) is 5.11 Å². The van der Waals surface area contributed by atoms with Gasteiger partial charge in [0.25, 0.3) is 0 Å². The van der Waals surface area contributed by atoms with E-state index in [1.165, 1.54) is 61.7 Å². The average Bonchev–Trinajstić information content (AvgIpc) is 3.16. The third-order valence-corrected chi connectivity index (χ3v) is 10.5. The van der Waals surface area contributed by atoms with Gasteiger partial charge in [0, 0.05) is 23.0 Å². The van der Waals surface area contributed by atoms with Gasteiger partial charge in [0.2, 0.25) is 5.78 Å². The molecule has 0 unspecified atom stereocenters. The molecule has 2 N–H and O–H groups in total. The fraction of sp³-hybridized carbons (Fsp3) is 0.0556. The minimum absolute atomic E-state index is 0. The van der Waals surface area contributed by atoms with Crippen molar-refractivity contribution in [3.05, 3.63) is 125 Å². The molecule has 0 aromatic heterocycles. The average molecular weight is 850 g/mol. The van der Waals surface area contributed by atoms with Gasteiger partial charge in [-0.05, 0) is 103 Å². The second kappa shape index (κ2) is 20.2. The predicted octanol–water partition coefficient (Wildman–Crippen LogP) is -2.05. The quantitative estimate of drug-likeness (QED) is 0.0593. The summed E-state index contributed by atoms with van der Waals surface area (Å²) < 4.78 is 110. The van der Waals surface area contributed by atoms with Gasteiger partial charge in [-0.1, -0.05) is 18.2 Å². The molecule has 6 rings (SSSR count). The monoisotopic (exact) mass is 849 g/mol. The third kappa shape index (κ3) is 12.2. The van der Waals surface area contributed by atoms with Crippen molar-refractivity contribution >= 4 is 87.7 Å². The Morgan fingerprint density at radius 2 is 1.18 bits per heavy atom. The minimum Gasteiger partial charge on any atom is -0.744 e. The zero-order valence-electron chi connectivity index (χ0n) is 32.3. The Morgan fingerprint density at radius 3 is 1.82 bits per heavy atom. The summed E-state index contributed by atoms with van der Waals surface area (Å²) in [7, 11) is -13.2. The molecule has 24 heteroatoms. The second-order valence-corrected chi connectivity index (χ2v) is 16.1. The molecule has 1 aliphatic rings. The Balaban J connectivity index is 0.00000320. The zero-order chi connectivity index (χ0) is 41.1. The van der Waals surface area contributed by atoms with Gasteiger partial charge in [0.05, 0.1) is 44.6 Å². The van der Waals surface area contributed by atoms with Crippen molar-refractivity contribution in [1.29, 1.82) is 0 Å². The molecule has 18 nitrogen and oxygen atoms in total. The van der Waals surface area contributed by atoms with E-state index in [-0.39, 0.29) is 90.5 Å². The maximum Gasteiger partial charge on any atom is 1.00 e. The van der Waals surface area contributed by atoms with E-state index in [0.29, 0.717) is 28.3 Å². The Labute approximate surface area is 380 Å². The molecule has 1 aliphatic carbocycles. The van der Waals surface area contributed by atoms with Crippen molar-refractivity contribution in [2.24, 2.45) is 25.6 Å². The number of azo groups is 2. The van der Waals surface area contributed by atoms with E-state index in [1.807, 2.05) is 0 Å². The number of ether oxygens (including phenoxy) is 1. The van der Waals surface area contributed by atoms with Gasteiger partial charge in [-0.2, -0.15) is 20.4 Å². The van der Waals surface area contributed by atoms with Crippen LogP contribution < -0.4 is 72.1 Å². The summed E-state index contributed by atoms with van der Waals surface area (Å²) in [5.74, 6) is -0.609. The van der Waals surface area contributed by atoms with E-state index in [9.17, 15) is 43.7 Å². The maximum absolute atomic E-state index is 13.6. The fourth-order valence-corrected chi connectivity index (χ4v) is 6.96. The minimum atomic E-state index is -5.17. The number of methoxy groups -OCH3 is 1. The molecular formula is C36H26Li3N7O11S3. The number of carbonyl (C=O) groups is 1. The number of aryl methyl sites for hydroxylation is 1. The summed E-state index contributed by atoms with van der Waals surface area (Å²) in [6.07, 6.45) is 1.02. The molecule has 0 bridgehead atoms. The van der Waals surface area contributed by atoms with Gasteiger partial charge in [0.15, 0.2) is 0 Å². The van der Waals surface area contributed by atoms with Crippen molar-refractivity contribution in [3.63, 3.8) is 0 Å². The summed E-state index contributed by atoms with van der Waals surface area (Å²) in [6.45, 7) is 1.70. The van der Waals surface area contributed by atoms with Crippen LogP contribution in [-0.4, -0.2) is 57.5 Å². The number of hydrogen-bond donors (Lipinski definition) is 2. The van der Waals surface area contributed by atoms with E-state index >= 15 is 0 Å². The molecule has 5 aromatic rings. The molecule has 292 valence electrons. The van der Waals surface area contributed by atoms with Gasteiger partial charge < -0.3 is 23.7 Å². The molecule has 5 aromatic carbocycles. The summed E-state index contributed by atoms with van der Waals surface area (Å²) in [6, 6.07) is 23.7. The second-order valence-electron chi connectivity index (χ2n) is 12.0. The van der Waals surface area contributed by atoms with Crippen LogP contribution in [0.5, 0.6) is 5.75 Å². The van der Waals surface area contributed by atoms with Crippen LogP contribution in [0.1, 0.15) is 21.5 Å². The third-order valence-electron chi connectivity index (χ3n) is 8.02. The molecule has 0 radical (unpaired) electrons. The van der Waals surface area contributed by atoms with Crippen LogP contribution in [0, 0.1) is 6.92 Å². The number of hydrazone groups is 1. The Kier molecular flexibility index (Phi) is 16.8. The van der Waals surface area contributed by atoms with E-state index in [0.717, 1.165) is 30.3 Å². The number of Topliss-reactive ketones (excluding diaryl/α,β-unsaturated/α-hetero) is 1. The predicted molar refractivity (Wildman–Crippen MR) is 204 cm³/mol. The number of nitrogens with zero attached hydrogens (tertiary/aromatic N) is 5. The van der Waals surface area contributed by atoms with Gasteiger partial charge >= 0.3 is 56.6 Å². The maximum atomic E-state index is 13.6. The zero-order valence-corrected chi connectivity index (χ0v) is 34.8. The van der Waals surface area contributed by atoms with Crippen molar-refractivity contribution in [2.45, 2.75) is 16.7 Å². The number of anilines is 3. The first-order valence-electron chi connectivity index (χ1n) is 16.1. The summed E-state index contributed by atoms with van der Waals surface area (Å²) in [5.41, 5.74) is 4.65. The first-order valence-corrected chi connectivity index (χ1v) is 20.3. The van der Waals surface area contributed by atoms with Crippen LogP contribution in [0.2, 0.25) is 0 Å². The number of rotatable bonds is 12. The van der Waals surface area contributed by atoms with E-state index in [2.05, 4.69) is 36.3 Å². The number of carbonyl (C=O) groups excluding carboxylic acids is 1.